The lowest BCUT2D eigenvalue weighted by atomic mass is 10.0. The average molecular weight is 438 g/mol. The Morgan fingerprint density at radius 3 is 2.68 bits per heavy atom. The number of pyridine rings is 1. The van der Waals surface area contributed by atoms with Crippen molar-refractivity contribution in [1.29, 1.82) is 0 Å². The maximum absolute atomic E-state index is 6.97. The van der Waals surface area contributed by atoms with Crippen LogP contribution in [0.1, 0.15) is 40.6 Å². The van der Waals surface area contributed by atoms with E-state index in [1.807, 2.05) is 30.5 Å². The maximum Gasteiger partial charge on any atom is 0.196 e. The number of benzene rings is 1. The first-order valence-corrected chi connectivity index (χ1v) is 11.2. The van der Waals surface area contributed by atoms with E-state index in [1.165, 1.54) is 0 Å². The molecule has 0 N–H and O–H groups in total. The molecule has 6 rings (SSSR count). The predicted octanol–water partition coefficient (Wildman–Crippen LogP) is 3.23. The Morgan fingerprint density at radius 1 is 1.03 bits per heavy atom. The van der Waals surface area contributed by atoms with E-state index in [2.05, 4.69) is 42.8 Å². The summed E-state index contributed by atoms with van der Waals surface area (Å²) in [6, 6.07) is 14.4. The molecule has 3 aromatic rings. The van der Waals surface area contributed by atoms with Gasteiger partial charge in [-0.2, -0.15) is 0 Å². The topological polar surface area (TPSA) is 65.3 Å². The van der Waals surface area contributed by atoms with Crippen molar-refractivity contribution in [2.75, 3.05) is 26.3 Å². The molecule has 2 atom stereocenters. The van der Waals surface area contributed by atoms with E-state index in [0.29, 0.717) is 25.5 Å². The van der Waals surface area contributed by atoms with Gasteiger partial charge in [-0.15, -0.1) is 21.8 Å². The highest BCUT2D eigenvalue weighted by Gasteiger charge is 2.50. The van der Waals surface area contributed by atoms with E-state index >= 15 is 0 Å². The van der Waals surface area contributed by atoms with Crippen LogP contribution in [0.4, 0.5) is 0 Å². The van der Waals surface area contributed by atoms with Crippen LogP contribution in [0.25, 0.3) is 5.69 Å². The van der Waals surface area contributed by atoms with Gasteiger partial charge in [0.05, 0.1) is 24.6 Å². The molecular formula is C23H24ClN5O2. The number of rotatable bonds is 3. The Balaban J connectivity index is 1.36. The average Bonchev–Trinajstić information content (AvgIpc) is 3.53. The second-order valence-corrected chi connectivity index (χ2v) is 8.91. The van der Waals surface area contributed by atoms with Crippen LogP contribution in [-0.2, 0) is 22.4 Å². The van der Waals surface area contributed by atoms with Crippen LogP contribution in [0.2, 0.25) is 0 Å². The highest BCUT2D eigenvalue weighted by Crippen LogP contribution is 2.45. The Hall–Kier alpha value is -2.32. The van der Waals surface area contributed by atoms with Gasteiger partial charge in [-0.05, 0) is 36.7 Å². The van der Waals surface area contributed by atoms with Gasteiger partial charge >= 0.3 is 0 Å². The number of aromatic nitrogens is 4. The van der Waals surface area contributed by atoms with Crippen LogP contribution in [0, 0.1) is 0 Å². The summed E-state index contributed by atoms with van der Waals surface area (Å²) in [7, 11) is 0. The van der Waals surface area contributed by atoms with Crippen LogP contribution in [0.5, 0.6) is 0 Å². The molecule has 0 aliphatic carbocycles. The molecule has 1 aromatic carbocycles. The molecule has 3 aliphatic rings. The van der Waals surface area contributed by atoms with E-state index in [0.717, 1.165) is 48.8 Å². The summed E-state index contributed by atoms with van der Waals surface area (Å²) in [5.41, 5.74) is 3.30. The van der Waals surface area contributed by atoms with Gasteiger partial charge in [0.25, 0.3) is 0 Å². The Morgan fingerprint density at radius 2 is 1.84 bits per heavy atom. The van der Waals surface area contributed by atoms with Crippen LogP contribution < -0.4 is 0 Å². The fraction of sp³-hybridized carbons (Fsp3) is 0.435. The molecule has 5 heterocycles. The summed E-state index contributed by atoms with van der Waals surface area (Å²) in [5, 5.41) is 8.67. The highest BCUT2D eigenvalue weighted by molar-refractivity contribution is 6.21. The minimum Gasteiger partial charge on any atom is -0.345 e. The normalized spacial score (nSPS) is 24.8. The SMILES string of the molecule is ClC1c2nnc([C@H]3CCN(Cc4ccccn4)C3)n2-c2ccccc2CC12OCCO2. The maximum atomic E-state index is 6.97. The number of fused-ring (bicyclic) bond motifs is 3. The second-order valence-electron chi connectivity index (χ2n) is 8.47. The van der Waals surface area contributed by atoms with Crippen molar-refractivity contribution in [2.24, 2.45) is 0 Å². The van der Waals surface area contributed by atoms with Crippen molar-refractivity contribution < 1.29 is 9.47 Å². The van der Waals surface area contributed by atoms with Crippen molar-refractivity contribution in [3.63, 3.8) is 0 Å². The molecule has 8 heteroatoms. The third kappa shape index (κ3) is 3.27. The number of alkyl halides is 1. The first-order valence-electron chi connectivity index (χ1n) is 10.8. The number of ether oxygens (including phenoxy) is 2. The molecule has 2 fully saturated rings. The zero-order valence-corrected chi connectivity index (χ0v) is 17.9. The zero-order valence-electron chi connectivity index (χ0n) is 17.2. The standard InChI is InChI=1S/C23H24ClN5O2/c24-20-22-27-26-21(17-8-10-28(14-17)15-18-6-3-4-9-25-18)29(22)19-7-2-1-5-16(19)13-23(20)30-11-12-31-23/h1-7,9,17,20H,8,10-15H2/t17-,20?/m0/s1. The molecule has 7 nitrogen and oxygen atoms in total. The summed E-state index contributed by atoms with van der Waals surface area (Å²) >= 11 is 6.97. The molecule has 2 saturated heterocycles. The lowest BCUT2D eigenvalue weighted by Gasteiger charge is -2.29. The Kier molecular flexibility index (Phi) is 4.79. The van der Waals surface area contributed by atoms with Gasteiger partial charge in [0.15, 0.2) is 11.6 Å². The lowest BCUT2D eigenvalue weighted by Crippen LogP contribution is -2.37. The number of likely N-dealkylation sites (tertiary alicyclic amines) is 1. The number of halogens is 1. The molecule has 0 amide bonds. The summed E-state index contributed by atoms with van der Waals surface area (Å²) in [6.07, 6.45) is 3.47. The van der Waals surface area contributed by atoms with Crippen LogP contribution >= 0.6 is 11.6 Å². The molecule has 3 aliphatic heterocycles. The van der Waals surface area contributed by atoms with Gasteiger partial charge in [-0.25, -0.2) is 0 Å². The van der Waals surface area contributed by atoms with Gasteiger partial charge in [0, 0.05) is 31.6 Å². The molecule has 1 spiro atoms. The largest absolute Gasteiger partial charge is 0.345 e. The lowest BCUT2D eigenvalue weighted by molar-refractivity contribution is -0.159. The van der Waals surface area contributed by atoms with Crippen LogP contribution in [0.15, 0.2) is 48.7 Å². The fourth-order valence-electron chi connectivity index (χ4n) is 5.04. The molecular weight excluding hydrogens is 414 g/mol. The van der Waals surface area contributed by atoms with Crippen molar-refractivity contribution in [3.8, 4) is 5.69 Å². The number of nitrogens with zero attached hydrogens (tertiary/aromatic N) is 5. The van der Waals surface area contributed by atoms with Gasteiger partial charge < -0.3 is 9.47 Å². The zero-order chi connectivity index (χ0) is 20.8. The number of hydrogen-bond donors (Lipinski definition) is 0. The number of hydrogen-bond acceptors (Lipinski definition) is 6. The van der Waals surface area contributed by atoms with Gasteiger partial charge in [-0.3, -0.25) is 14.5 Å². The molecule has 2 aromatic heterocycles. The fourth-order valence-corrected chi connectivity index (χ4v) is 5.39. The van der Waals surface area contributed by atoms with E-state index in [9.17, 15) is 0 Å². The van der Waals surface area contributed by atoms with Crippen LogP contribution in [-0.4, -0.2) is 56.7 Å². The van der Waals surface area contributed by atoms with Gasteiger partial charge in [-0.1, -0.05) is 24.3 Å². The Bertz CT molecular complexity index is 1080. The summed E-state index contributed by atoms with van der Waals surface area (Å²) in [6.45, 7) is 3.85. The monoisotopic (exact) mass is 437 g/mol. The van der Waals surface area contributed by atoms with E-state index in [1.54, 1.807) is 0 Å². The molecule has 31 heavy (non-hydrogen) atoms. The molecule has 160 valence electrons. The molecule has 0 saturated carbocycles. The third-order valence-corrected chi connectivity index (χ3v) is 7.05. The van der Waals surface area contributed by atoms with Gasteiger partial charge in [0.1, 0.15) is 11.2 Å². The van der Waals surface area contributed by atoms with Crippen molar-refractivity contribution >= 4 is 11.6 Å². The summed E-state index contributed by atoms with van der Waals surface area (Å²) in [4.78, 5) is 6.90. The van der Waals surface area contributed by atoms with Crippen molar-refractivity contribution in [1.82, 2.24) is 24.6 Å². The molecule has 1 unspecified atom stereocenters. The van der Waals surface area contributed by atoms with Gasteiger partial charge in [0.2, 0.25) is 0 Å². The summed E-state index contributed by atoms with van der Waals surface area (Å²) in [5.74, 6) is 1.05. The quantitative estimate of drug-likeness (QED) is 0.586. The summed E-state index contributed by atoms with van der Waals surface area (Å²) < 4.78 is 14.3. The predicted molar refractivity (Wildman–Crippen MR) is 115 cm³/mol. The first kappa shape index (κ1) is 19.4. The Labute approximate surface area is 186 Å². The van der Waals surface area contributed by atoms with E-state index < -0.39 is 11.2 Å². The minimum absolute atomic E-state index is 0.279. The third-order valence-electron chi connectivity index (χ3n) is 6.52. The minimum atomic E-state index is -0.892. The van der Waals surface area contributed by atoms with E-state index in [4.69, 9.17) is 21.1 Å². The molecule has 0 radical (unpaired) electrons. The van der Waals surface area contributed by atoms with Crippen molar-refractivity contribution in [3.05, 3.63) is 71.6 Å². The van der Waals surface area contributed by atoms with E-state index in [-0.39, 0.29) is 5.92 Å². The smallest absolute Gasteiger partial charge is 0.196 e. The first-order chi connectivity index (χ1) is 15.2. The number of para-hydroxylation sites is 1. The highest BCUT2D eigenvalue weighted by atomic mass is 35.5. The second kappa shape index (κ2) is 7.67. The van der Waals surface area contributed by atoms with Crippen LogP contribution in [0.3, 0.4) is 0 Å². The van der Waals surface area contributed by atoms with Crippen molar-refractivity contribution in [2.45, 2.75) is 36.5 Å². The molecule has 0 bridgehead atoms.